The summed E-state index contributed by atoms with van der Waals surface area (Å²) in [5.41, 5.74) is 1.18. The number of nitrogens with zero attached hydrogens (tertiary/aromatic N) is 2. The average Bonchev–Trinajstić information content (AvgIpc) is 2.67. The van der Waals surface area contributed by atoms with Gasteiger partial charge in [0.05, 0.1) is 23.1 Å². The summed E-state index contributed by atoms with van der Waals surface area (Å²) >= 11 is 5.58. The second kappa shape index (κ2) is 7.00. The Morgan fingerprint density at radius 3 is 2.76 bits per heavy atom. The highest BCUT2D eigenvalue weighted by Crippen LogP contribution is 2.46. The van der Waals surface area contributed by atoms with Gasteiger partial charge in [-0.15, -0.1) is 0 Å². The molecule has 2 atom stereocenters. The van der Waals surface area contributed by atoms with Crippen LogP contribution in [0, 0.1) is 10.1 Å². The molecular formula is C20H19N3O5S. The molecule has 2 bridgehead atoms. The summed E-state index contributed by atoms with van der Waals surface area (Å²) in [5.74, 6) is 0.201. The lowest BCUT2D eigenvalue weighted by Crippen LogP contribution is -2.65. The number of carbonyl (C=O) groups is 1. The number of nitro groups is 1. The van der Waals surface area contributed by atoms with Gasteiger partial charge in [-0.25, -0.2) is 4.79 Å². The summed E-state index contributed by atoms with van der Waals surface area (Å²) in [6, 6.07) is 11.3. The van der Waals surface area contributed by atoms with E-state index in [0.717, 1.165) is 11.3 Å². The predicted octanol–water partition coefficient (Wildman–Crippen LogP) is 3.71. The Balaban J connectivity index is 1.67. The number of nitro benzene ring substituents is 1. The van der Waals surface area contributed by atoms with Crippen molar-refractivity contribution in [3.8, 4) is 5.75 Å². The van der Waals surface area contributed by atoms with Crippen molar-refractivity contribution in [2.45, 2.75) is 32.0 Å². The maximum atomic E-state index is 11.9. The Morgan fingerprint density at radius 1 is 1.38 bits per heavy atom. The van der Waals surface area contributed by atoms with E-state index in [1.807, 2.05) is 11.8 Å². The van der Waals surface area contributed by atoms with E-state index in [-0.39, 0.29) is 17.7 Å². The molecule has 0 radical (unpaired) electrons. The lowest BCUT2D eigenvalue weighted by atomic mass is 9.90. The highest BCUT2D eigenvalue weighted by Gasteiger charge is 2.48. The van der Waals surface area contributed by atoms with Crippen LogP contribution in [0.2, 0.25) is 0 Å². The van der Waals surface area contributed by atoms with Gasteiger partial charge < -0.3 is 14.8 Å². The first-order valence-corrected chi connectivity index (χ1v) is 9.58. The lowest BCUT2D eigenvalue weighted by molar-refractivity contribution is -0.385. The van der Waals surface area contributed by atoms with Crippen LogP contribution in [0.4, 0.5) is 11.4 Å². The van der Waals surface area contributed by atoms with Crippen molar-refractivity contribution in [1.29, 1.82) is 0 Å². The monoisotopic (exact) mass is 413 g/mol. The summed E-state index contributed by atoms with van der Waals surface area (Å²) in [5, 5.41) is 14.8. The molecule has 0 unspecified atom stereocenters. The molecule has 150 valence electrons. The van der Waals surface area contributed by atoms with Gasteiger partial charge in [-0.1, -0.05) is 0 Å². The number of hydrogen-bond donors (Lipinski definition) is 1. The number of fused-ring (bicyclic) bond motifs is 4. The van der Waals surface area contributed by atoms with E-state index in [0.29, 0.717) is 29.5 Å². The van der Waals surface area contributed by atoms with Crippen LogP contribution in [0.3, 0.4) is 0 Å². The summed E-state index contributed by atoms with van der Waals surface area (Å²) in [7, 11) is 0. The summed E-state index contributed by atoms with van der Waals surface area (Å²) in [6.45, 7) is 4.00. The Bertz CT molecular complexity index is 1010. The molecule has 2 heterocycles. The molecule has 2 aromatic carbocycles. The van der Waals surface area contributed by atoms with Crippen LogP contribution in [0.25, 0.3) is 0 Å². The number of carbonyl (C=O) groups excluding carboxylic acids is 1. The zero-order chi connectivity index (χ0) is 20.8. The van der Waals surface area contributed by atoms with Crippen molar-refractivity contribution >= 4 is 34.7 Å². The number of rotatable bonds is 4. The molecule has 0 saturated carbocycles. The number of nitrogens with one attached hydrogen (secondary N) is 1. The molecular weight excluding hydrogens is 394 g/mol. The number of benzene rings is 2. The Labute approximate surface area is 172 Å². The first-order valence-electron chi connectivity index (χ1n) is 9.17. The summed E-state index contributed by atoms with van der Waals surface area (Å²) in [4.78, 5) is 24.5. The van der Waals surface area contributed by atoms with Gasteiger partial charge in [-0.2, -0.15) is 0 Å². The van der Waals surface area contributed by atoms with Crippen LogP contribution in [-0.4, -0.2) is 28.3 Å². The molecule has 1 N–H and O–H groups in total. The van der Waals surface area contributed by atoms with Crippen molar-refractivity contribution in [2.75, 3.05) is 11.5 Å². The number of anilines is 1. The molecule has 29 heavy (non-hydrogen) atoms. The number of non-ortho nitro benzene ring substituents is 1. The predicted molar refractivity (Wildman–Crippen MR) is 110 cm³/mol. The van der Waals surface area contributed by atoms with E-state index in [4.69, 9.17) is 21.7 Å². The van der Waals surface area contributed by atoms with Crippen molar-refractivity contribution in [1.82, 2.24) is 5.32 Å². The van der Waals surface area contributed by atoms with E-state index in [1.54, 1.807) is 37.3 Å². The van der Waals surface area contributed by atoms with Gasteiger partial charge in [-0.05, 0) is 56.4 Å². The van der Waals surface area contributed by atoms with Crippen LogP contribution < -0.4 is 15.0 Å². The fraction of sp³-hybridized carbons (Fsp3) is 0.300. The fourth-order valence-electron chi connectivity index (χ4n) is 3.83. The minimum absolute atomic E-state index is 0.0145. The topological polar surface area (TPSA) is 93.9 Å². The summed E-state index contributed by atoms with van der Waals surface area (Å²) < 4.78 is 11.3. The van der Waals surface area contributed by atoms with Crippen LogP contribution >= 0.6 is 12.2 Å². The molecule has 2 aliphatic heterocycles. The van der Waals surface area contributed by atoms with E-state index in [9.17, 15) is 14.9 Å². The van der Waals surface area contributed by atoms with Crippen molar-refractivity contribution in [3.05, 3.63) is 63.7 Å². The molecule has 1 fully saturated rings. The molecule has 4 rings (SSSR count). The SMILES string of the molecule is CCOC(=O)c1ccc(N2C(=S)N[C@@H]3C[C@]2(C)Oc2ccc([N+](=O)[O-])cc23)cc1. The Kier molecular flexibility index (Phi) is 4.62. The van der Waals surface area contributed by atoms with Crippen LogP contribution in [0.1, 0.15) is 42.2 Å². The van der Waals surface area contributed by atoms with Gasteiger partial charge in [0.1, 0.15) is 5.75 Å². The minimum Gasteiger partial charge on any atom is -0.467 e. The third-order valence-corrected chi connectivity index (χ3v) is 5.40. The molecule has 0 aliphatic carbocycles. The van der Waals surface area contributed by atoms with E-state index >= 15 is 0 Å². The van der Waals surface area contributed by atoms with Crippen molar-refractivity contribution < 1.29 is 19.2 Å². The fourth-order valence-corrected chi connectivity index (χ4v) is 4.27. The summed E-state index contributed by atoms with van der Waals surface area (Å²) in [6.07, 6.45) is 0.543. The largest absolute Gasteiger partial charge is 0.467 e. The molecule has 2 aliphatic rings. The second-order valence-corrected chi connectivity index (χ2v) is 7.45. The zero-order valence-corrected chi connectivity index (χ0v) is 16.7. The standard InChI is InChI=1S/C20H19N3O5S/c1-3-27-18(24)12-4-6-13(7-5-12)22-19(29)21-16-11-20(22,2)28-17-9-8-14(23(25)26)10-15(16)17/h4-10,16H,3,11H2,1-2H3,(H,21,29)/t16-,20+/m1/s1. The van der Waals surface area contributed by atoms with Gasteiger partial charge in [0.2, 0.25) is 0 Å². The number of thiocarbonyl (C=S) groups is 1. The van der Waals surface area contributed by atoms with E-state index in [1.165, 1.54) is 12.1 Å². The van der Waals surface area contributed by atoms with E-state index < -0.39 is 10.6 Å². The molecule has 2 aromatic rings. The molecule has 8 nitrogen and oxygen atoms in total. The van der Waals surface area contributed by atoms with Gasteiger partial charge in [-0.3, -0.25) is 15.0 Å². The van der Waals surface area contributed by atoms with E-state index in [2.05, 4.69) is 5.32 Å². The van der Waals surface area contributed by atoms with Crippen molar-refractivity contribution in [2.24, 2.45) is 0 Å². The average molecular weight is 413 g/mol. The maximum absolute atomic E-state index is 11.9. The van der Waals surface area contributed by atoms with Gasteiger partial charge in [0.15, 0.2) is 10.8 Å². The Hall–Kier alpha value is -3.20. The first kappa shape index (κ1) is 19.1. The highest BCUT2D eigenvalue weighted by atomic mass is 32.1. The smallest absolute Gasteiger partial charge is 0.338 e. The molecule has 0 spiro atoms. The third kappa shape index (κ3) is 3.27. The number of ether oxygens (including phenoxy) is 2. The van der Waals surface area contributed by atoms with Gasteiger partial charge >= 0.3 is 5.97 Å². The van der Waals surface area contributed by atoms with Gasteiger partial charge in [0, 0.05) is 29.8 Å². The first-order chi connectivity index (χ1) is 13.8. The quantitative estimate of drug-likeness (QED) is 0.351. The molecule has 0 aromatic heterocycles. The maximum Gasteiger partial charge on any atom is 0.338 e. The number of esters is 1. The highest BCUT2D eigenvalue weighted by molar-refractivity contribution is 7.80. The normalized spacial score (nSPS) is 22.2. The molecule has 0 amide bonds. The van der Waals surface area contributed by atoms with Crippen LogP contribution in [0.5, 0.6) is 5.75 Å². The molecule has 9 heteroatoms. The number of hydrogen-bond acceptors (Lipinski definition) is 6. The van der Waals surface area contributed by atoms with Crippen LogP contribution in [-0.2, 0) is 4.74 Å². The zero-order valence-electron chi connectivity index (χ0n) is 15.9. The Morgan fingerprint density at radius 2 is 2.10 bits per heavy atom. The van der Waals surface area contributed by atoms with Crippen molar-refractivity contribution in [3.63, 3.8) is 0 Å². The second-order valence-electron chi connectivity index (χ2n) is 7.07. The van der Waals surface area contributed by atoms with Gasteiger partial charge in [0.25, 0.3) is 5.69 Å². The van der Waals surface area contributed by atoms with Crippen LogP contribution in [0.15, 0.2) is 42.5 Å². The minimum atomic E-state index is -0.776. The lowest BCUT2D eigenvalue weighted by Gasteiger charge is -2.52. The molecule has 1 saturated heterocycles. The third-order valence-electron chi connectivity index (χ3n) is 5.10.